The van der Waals surface area contributed by atoms with Crippen molar-refractivity contribution < 1.29 is 47.8 Å². The fourth-order valence-corrected chi connectivity index (χ4v) is 11.1. The van der Waals surface area contributed by atoms with Crippen LogP contribution in [0.4, 0.5) is 4.79 Å². The number of urea groups is 1. The zero-order valence-electron chi connectivity index (χ0n) is 47.3. The molecule has 1 aromatic heterocycles. The van der Waals surface area contributed by atoms with Gasteiger partial charge in [-0.05, 0) is 86.9 Å². The lowest BCUT2D eigenvalue weighted by Gasteiger charge is -2.37. The predicted octanol–water partition coefficient (Wildman–Crippen LogP) is 5.26. The summed E-state index contributed by atoms with van der Waals surface area (Å²) in [6.45, 7) is 17.9. The minimum atomic E-state index is -0.953. The number of carbonyl (C=O) groups is 8. The van der Waals surface area contributed by atoms with E-state index in [0.29, 0.717) is 32.5 Å². The molecule has 2 aliphatic rings. The van der Waals surface area contributed by atoms with Crippen molar-refractivity contribution in [1.82, 2.24) is 41.0 Å². The van der Waals surface area contributed by atoms with E-state index in [4.69, 9.17) is 15.2 Å². The van der Waals surface area contributed by atoms with E-state index < -0.39 is 48.1 Å². The lowest BCUT2D eigenvalue weighted by Crippen LogP contribution is -2.54. The lowest BCUT2D eigenvalue weighted by atomic mass is 9.77. The number of imide groups is 1. The number of fused-ring (bicyclic) bond motifs is 1. The highest BCUT2D eigenvalue weighted by Gasteiger charge is 2.42. The molecule has 2 aromatic rings. The molecule has 76 heavy (non-hydrogen) atoms. The Bertz CT molecular complexity index is 2260. The van der Waals surface area contributed by atoms with E-state index in [1.54, 1.807) is 14.0 Å². The molecule has 0 aliphatic carbocycles. The molecule has 10 atom stereocenters. The van der Waals surface area contributed by atoms with Crippen LogP contribution >= 0.6 is 0 Å². The Balaban J connectivity index is 1.28. The number of primary amides is 1. The highest BCUT2D eigenvalue weighted by Crippen LogP contribution is 2.34. The van der Waals surface area contributed by atoms with Gasteiger partial charge < -0.3 is 46.4 Å². The van der Waals surface area contributed by atoms with Gasteiger partial charge in [0.25, 0.3) is 11.8 Å². The van der Waals surface area contributed by atoms with Crippen molar-refractivity contribution >= 4 is 58.2 Å². The molecule has 1 fully saturated rings. The first-order valence-electron chi connectivity index (χ1n) is 27.7. The number of aromatic amines is 1. The van der Waals surface area contributed by atoms with Gasteiger partial charge in [-0.1, -0.05) is 92.9 Å². The number of nitrogens with two attached hydrogens (primary N) is 1. The Labute approximate surface area is 451 Å². The van der Waals surface area contributed by atoms with Crippen molar-refractivity contribution in [1.29, 1.82) is 0 Å². The van der Waals surface area contributed by atoms with Gasteiger partial charge in [-0.2, -0.15) is 0 Å². The van der Waals surface area contributed by atoms with Gasteiger partial charge in [-0.15, -0.1) is 0 Å². The van der Waals surface area contributed by atoms with Crippen LogP contribution in [-0.4, -0.2) is 157 Å². The van der Waals surface area contributed by atoms with E-state index >= 15 is 0 Å². The zero-order chi connectivity index (χ0) is 56.2. The number of nitrogens with one attached hydrogen (secondary N) is 5. The number of nitrogens with zero attached hydrogens (tertiary/aromatic N) is 3. The Morgan fingerprint density at radius 1 is 0.842 bits per heavy atom. The Hall–Kier alpha value is -5.66. The van der Waals surface area contributed by atoms with Crippen LogP contribution in [0, 0.1) is 35.5 Å². The highest BCUT2D eigenvalue weighted by molar-refractivity contribution is 6.12. The molecule has 1 aromatic carbocycles. The molecule has 0 spiro atoms. The highest BCUT2D eigenvalue weighted by atomic mass is 16.5. The minimum absolute atomic E-state index is 0.0141. The average Bonchev–Trinajstić information content (AvgIpc) is 4.12. The van der Waals surface area contributed by atoms with Crippen LogP contribution in [0.15, 0.2) is 42.6 Å². The van der Waals surface area contributed by atoms with E-state index in [9.17, 15) is 38.4 Å². The first-order valence-corrected chi connectivity index (χ1v) is 27.7. The number of Topliss-reactive ketones (excluding diaryl/α,β-unsaturated/α-hetero) is 1. The molecule has 0 bridgehead atoms. The number of benzene rings is 1. The number of hydrogen-bond donors (Lipinski definition) is 6. The number of likely N-dealkylation sites (N-methyl/N-ethyl adjacent to an activating group) is 1. The second kappa shape index (κ2) is 30.9. The largest absolute Gasteiger partial charge is 0.381 e. The number of ether oxygens (including phenoxy) is 2. The third-order valence-corrected chi connectivity index (χ3v) is 15.6. The van der Waals surface area contributed by atoms with Crippen LogP contribution in [0.5, 0.6) is 0 Å². The standard InChI is InChI=1S/C57H91N9O10/c1-12-38(7)42(47(75-10)33-50(70)65-28-19-22-45(65)53(76-11)39(8)55(72)62-44(54(58)71)32-40-34-61-43-21-16-15-20-41(40)43)30-37(6)31-46(67)51(35(2)3)63-56(73)52(36(4)5)64(9)27-18-14-13-17-25-59-57(74)60-26-29-66-48(68)23-24-49(66)69/h15-16,20-21,23-24,34-39,42,44-45,47,51-53,61H,12-14,17-19,22,25-33H2,1-11H3,(H2,58,71)(H,62,72)(H,63,73)(H2,59,60,74). The second-order valence-electron chi connectivity index (χ2n) is 22.0. The van der Waals surface area contributed by atoms with Crippen LogP contribution in [0.2, 0.25) is 0 Å². The molecule has 3 heterocycles. The van der Waals surface area contributed by atoms with Gasteiger partial charge in [0, 0.05) is 82.5 Å². The number of H-pyrrole nitrogens is 1. The molecular weight excluding hydrogens is 971 g/mol. The minimum Gasteiger partial charge on any atom is -0.381 e. The Morgan fingerprint density at radius 2 is 1.51 bits per heavy atom. The molecule has 1 saturated heterocycles. The number of likely N-dealkylation sites (tertiary alicyclic amines) is 1. The van der Waals surface area contributed by atoms with Gasteiger partial charge in [0.05, 0.1) is 42.7 Å². The van der Waals surface area contributed by atoms with Crippen LogP contribution in [0.25, 0.3) is 10.9 Å². The first kappa shape index (κ1) is 62.9. The van der Waals surface area contributed by atoms with Crippen molar-refractivity contribution in [3.05, 3.63) is 48.2 Å². The molecule has 2 aliphatic heterocycles. The number of unbranched alkanes of at least 4 members (excludes halogenated alkanes) is 3. The molecule has 4 rings (SSSR count). The first-order chi connectivity index (χ1) is 36.1. The van der Waals surface area contributed by atoms with Crippen LogP contribution < -0.4 is 27.0 Å². The summed E-state index contributed by atoms with van der Waals surface area (Å²) in [5.74, 6) is -2.94. The number of methoxy groups -OCH3 is 2. The maximum atomic E-state index is 14.4. The average molecular weight is 1060 g/mol. The van der Waals surface area contributed by atoms with E-state index in [1.807, 2.05) is 70.1 Å². The van der Waals surface area contributed by atoms with E-state index in [0.717, 1.165) is 59.9 Å². The summed E-state index contributed by atoms with van der Waals surface area (Å²) >= 11 is 0. The molecule has 7 N–H and O–H groups in total. The van der Waals surface area contributed by atoms with Gasteiger partial charge in [0.1, 0.15) is 6.04 Å². The summed E-state index contributed by atoms with van der Waals surface area (Å²) in [6, 6.07) is 4.91. The molecule has 19 heteroatoms. The predicted molar refractivity (Wildman–Crippen MR) is 293 cm³/mol. The van der Waals surface area contributed by atoms with Crippen molar-refractivity contribution in [3.63, 3.8) is 0 Å². The number of para-hydroxylation sites is 1. The maximum absolute atomic E-state index is 14.4. The van der Waals surface area contributed by atoms with Gasteiger partial charge >= 0.3 is 6.03 Å². The monoisotopic (exact) mass is 1060 g/mol. The molecule has 8 amide bonds. The van der Waals surface area contributed by atoms with Gasteiger partial charge in [0.15, 0.2) is 5.78 Å². The van der Waals surface area contributed by atoms with Gasteiger partial charge in [-0.3, -0.25) is 43.4 Å². The molecule has 10 unspecified atom stereocenters. The number of ketones is 1. The van der Waals surface area contributed by atoms with E-state index in [2.05, 4.69) is 51.9 Å². The van der Waals surface area contributed by atoms with E-state index in [-0.39, 0.29) is 103 Å². The Kier molecular flexibility index (Phi) is 25.6. The van der Waals surface area contributed by atoms with Crippen molar-refractivity contribution in [3.8, 4) is 0 Å². The topological polar surface area (TPSA) is 255 Å². The zero-order valence-corrected chi connectivity index (χ0v) is 47.3. The van der Waals surface area contributed by atoms with Crippen LogP contribution in [-0.2, 0) is 49.5 Å². The maximum Gasteiger partial charge on any atom is 0.314 e. The smallest absolute Gasteiger partial charge is 0.314 e. The van der Waals surface area contributed by atoms with E-state index in [1.165, 1.54) is 19.3 Å². The summed E-state index contributed by atoms with van der Waals surface area (Å²) in [7, 11) is 5.10. The number of aromatic nitrogens is 1. The summed E-state index contributed by atoms with van der Waals surface area (Å²) < 4.78 is 12.1. The van der Waals surface area contributed by atoms with Gasteiger partial charge in [0.2, 0.25) is 23.6 Å². The SMILES string of the molecule is CCC(C)C(CC(C)CC(=O)C(NC(=O)C(C(C)C)N(C)CCCCCCNC(=O)NCCN1C(=O)C=CC1=O)C(C)C)C(CC(=O)N1CCCC1C(OC)C(C)C(=O)NC(Cc1c[nH]c2ccccc12)C(N)=O)OC. The molecular formula is C57H91N9O10. The summed E-state index contributed by atoms with van der Waals surface area (Å²) in [5.41, 5.74) is 7.59. The summed E-state index contributed by atoms with van der Waals surface area (Å²) in [5, 5.41) is 12.4. The Morgan fingerprint density at radius 3 is 2.14 bits per heavy atom. The van der Waals surface area contributed by atoms with Crippen LogP contribution in [0.3, 0.4) is 0 Å². The quantitative estimate of drug-likeness (QED) is 0.0390. The third-order valence-electron chi connectivity index (χ3n) is 15.6. The number of hydrogen-bond acceptors (Lipinski definition) is 11. The molecule has 19 nitrogen and oxygen atoms in total. The fraction of sp³-hybridized carbons (Fsp3) is 0.684. The molecule has 0 radical (unpaired) electrons. The number of rotatable bonds is 34. The fourth-order valence-electron chi connectivity index (χ4n) is 11.1. The number of carbonyl (C=O) groups excluding carboxylic acids is 8. The normalized spacial score (nSPS) is 18.4. The summed E-state index contributed by atoms with van der Waals surface area (Å²) in [4.78, 5) is 113. The van der Waals surface area contributed by atoms with Gasteiger partial charge in [-0.25, -0.2) is 4.79 Å². The van der Waals surface area contributed by atoms with Crippen molar-refractivity contribution in [2.75, 3.05) is 54.0 Å². The summed E-state index contributed by atoms with van der Waals surface area (Å²) in [6.07, 6.45) is 9.99. The second-order valence-corrected chi connectivity index (χ2v) is 22.0. The van der Waals surface area contributed by atoms with Crippen molar-refractivity contribution in [2.45, 2.75) is 162 Å². The van der Waals surface area contributed by atoms with Crippen LogP contribution in [0.1, 0.15) is 125 Å². The number of amides is 8. The molecule has 424 valence electrons. The molecule has 0 saturated carbocycles. The third kappa shape index (κ3) is 18.0. The van der Waals surface area contributed by atoms with Crippen molar-refractivity contribution in [2.24, 2.45) is 41.2 Å². The lowest BCUT2D eigenvalue weighted by molar-refractivity contribution is -0.143.